The van der Waals surface area contributed by atoms with Gasteiger partial charge in [0.1, 0.15) is 5.78 Å². The lowest BCUT2D eigenvalue weighted by molar-refractivity contribution is -0.160. The zero-order chi connectivity index (χ0) is 21.0. The second-order valence-corrected chi connectivity index (χ2v) is 12.6. The predicted molar refractivity (Wildman–Crippen MR) is 119 cm³/mol. The summed E-state index contributed by atoms with van der Waals surface area (Å²) in [5, 5.41) is 10.2. The molecule has 0 aromatic heterocycles. The molecule has 0 aromatic rings. The van der Waals surface area contributed by atoms with Crippen LogP contribution in [0.2, 0.25) is 0 Å². The first-order valence-electron chi connectivity index (χ1n) is 12.9. The fourth-order valence-electron chi connectivity index (χ4n) is 9.04. The van der Waals surface area contributed by atoms with Gasteiger partial charge in [-0.2, -0.15) is 0 Å². The van der Waals surface area contributed by atoms with Gasteiger partial charge < -0.3 is 5.11 Å². The molecule has 29 heavy (non-hydrogen) atoms. The summed E-state index contributed by atoms with van der Waals surface area (Å²) in [6.45, 7) is 12.2. The van der Waals surface area contributed by atoms with Crippen LogP contribution in [0.4, 0.5) is 0 Å². The molecule has 0 radical (unpaired) electrons. The molecule has 0 bridgehead atoms. The zero-order valence-corrected chi connectivity index (χ0v) is 19.8. The fourth-order valence-corrected chi connectivity index (χ4v) is 9.04. The molecule has 0 aliphatic heterocycles. The Hall–Kier alpha value is -0.370. The van der Waals surface area contributed by atoms with E-state index in [-0.39, 0.29) is 17.4 Å². The highest BCUT2D eigenvalue weighted by Crippen LogP contribution is 2.67. The van der Waals surface area contributed by atoms with E-state index in [1.807, 2.05) is 0 Å². The van der Waals surface area contributed by atoms with Gasteiger partial charge in [0.05, 0.1) is 6.10 Å². The number of carbonyl (C=O) groups is 1. The van der Waals surface area contributed by atoms with E-state index < -0.39 is 0 Å². The third-order valence-electron chi connectivity index (χ3n) is 10.6. The molecule has 0 heterocycles. The Kier molecular flexibility index (Phi) is 5.99. The normalized spacial score (nSPS) is 48.2. The highest BCUT2D eigenvalue weighted by molar-refractivity contribution is 5.83. The number of ketones is 1. The summed E-state index contributed by atoms with van der Waals surface area (Å²) in [6.07, 6.45) is 12.8. The van der Waals surface area contributed by atoms with Crippen LogP contribution in [0.25, 0.3) is 0 Å². The monoisotopic (exact) mass is 402 g/mol. The van der Waals surface area contributed by atoms with E-state index in [2.05, 4.69) is 34.6 Å². The van der Waals surface area contributed by atoms with Crippen LogP contribution in [-0.4, -0.2) is 17.0 Å². The van der Waals surface area contributed by atoms with Gasteiger partial charge in [0, 0.05) is 12.3 Å². The number of aliphatic hydroxyl groups is 1. The van der Waals surface area contributed by atoms with Gasteiger partial charge in [-0.05, 0) is 91.3 Å². The third-order valence-corrected chi connectivity index (χ3v) is 10.6. The van der Waals surface area contributed by atoms with Gasteiger partial charge in [-0.3, -0.25) is 4.79 Å². The van der Waals surface area contributed by atoms with E-state index >= 15 is 0 Å². The molecule has 1 N–H and O–H groups in total. The number of carbonyl (C=O) groups excluding carboxylic acids is 1. The number of aliphatic hydroxyl groups excluding tert-OH is 1. The summed E-state index contributed by atoms with van der Waals surface area (Å²) in [7, 11) is 0. The minimum atomic E-state index is -0.245. The van der Waals surface area contributed by atoms with Gasteiger partial charge in [-0.1, -0.05) is 53.9 Å². The minimum Gasteiger partial charge on any atom is -0.393 e. The van der Waals surface area contributed by atoms with E-state index in [1.54, 1.807) is 0 Å². The Bertz CT molecular complexity index is 612. The van der Waals surface area contributed by atoms with Crippen LogP contribution in [0.5, 0.6) is 0 Å². The molecule has 4 aliphatic carbocycles. The Morgan fingerprint density at radius 3 is 2.38 bits per heavy atom. The van der Waals surface area contributed by atoms with E-state index in [0.717, 1.165) is 49.4 Å². The van der Waals surface area contributed by atoms with Crippen LogP contribution in [0.15, 0.2) is 0 Å². The van der Waals surface area contributed by atoms with E-state index in [1.165, 1.54) is 44.9 Å². The smallest absolute Gasteiger partial charge is 0.136 e. The van der Waals surface area contributed by atoms with Gasteiger partial charge >= 0.3 is 0 Å². The maximum absolute atomic E-state index is 13.2. The van der Waals surface area contributed by atoms with Crippen molar-refractivity contribution in [3.8, 4) is 0 Å². The Labute approximate surface area is 179 Å². The largest absolute Gasteiger partial charge is 0.393 e. The molecule has 2 nitrogen and oxygen atoms in total. The average Bonchev–Trinajstić information content (AvgIpc) is 3.00. The number of hydrogen-bond donors (Lipinski definition) is 1. The van der Waals surface area contributed by atoms with Crippen LogP contribution < -0.4 is 0 Å². The maximum Gasteiger partial charge on any atom is 0.136 e. The summed E-state index contributed by atoms with van der Waals surface area (Å²) >= 11 is 0. The minimum absolute atomic E-state index is 0.129. The first-order valence-corrected chi connectivity index (χ1v) is 12.9. The molecule has 4 aliphatic rings. The van der Waals surface area contributed by atoms with Crippen molar-refractivity contribution >= 4 is 5.78 Å². The lowest BCUT2D eigenvalue weighted by Gasteiger charge is -2.60. The van der Waals surface area contributed by atoms with Gasteiger partial charge in [0.25, 0.3) is 0 Å². The third kappa shape index (κ3) is 3.64. The molecule has 0 amide bonds. The number of Topliss-reactive ketones (excluding diaryl/α,β-unsaturated/α-hetero) is 1. The molecule has 9 atom stereocenters. The highest BCUT2D eigenvalue weighted by Gasteiger charge is 2.62. The molecular weight excluding hydrogens is 356 g/mol. The molecule has 0 aromatic carbocycles. The van der Waals surface area contributed by atoms with Crippen molar-refractivity contribution < 1.29 is 9.90 Å². The quantitative estimate of drug-likeness (QED) is 0.559. The van der Waals surface area contributed by atoms with Crippen molar-refractivity contribution in [1.29, 1.82) is 0 Å². The Morgan fingerprint density at radius 2 is 1.66 bits per heavy atom. The Morgan fingerprint density at radius 1 is 0.966 bits per heavy atom. The van der Waals surface area contributed by atoms with Crippen molar-refractivity contribution in [3.05, 3.63) is 0 Å². The molecule has 0 saturated heterocycles. The summed E-state index contributed by atoms with van der Waals surface area (Å²) in [6, 6.07) is 0. The molecule has 4 rings (SSSR count). The van der Waals surface area contributed by atoms with E-state index in [4.69, 9.17) is 0 Å². The number of hydrogen-bond acceptors (Lipinski definition) is 2. The van der Waals surface area contributed by atoms with Crippen molar-refractivity contribution in [2.75, 3.05) is 0 Å². The van der Waals surface area contributed by atoms with Crippen LogP contribution in [-0.2, 0) is 4.79 Å². The first kappa shape index (κ1) is 21.8. The predicted octanol–water partition coefficient (Wildman–Crippen LogP) is 6.65. The van der Waals surface area contributed by atoms with Gasteiger partial charge in [0.2, 0.25) is 0 Å². The summed E-state index contributed by atoms with van der Waals surface area (Å²) in [5.74, 6) is 5.21. The molecular formula is C27H46O2. The average molecular weight is 403 g/mol. The SMILES string of the molecule is CC(C)CCC[C@@H](C)[C@H]1CC[C@H]2[C@H]3CC(=O)[C@@H]4C[C@@H](O)CC[C@@]4(C)[C@H]3CC[C@]12C. The van der Waals surface area contributed by atoms with Crippen LogP contribution >= 0.6 is 0 Å². The zero-order valence-electron chi connectivity index (χ0n) is 19.8. The fraction of sp³-hybridized carbons (Fsp3) is 0.963. The standard InChI is InChI=1S/C27H46O2/c1-17(2)7-6-8-18(3)21-9-10-22-20-16-25(29)24-15-19(28)11-13-27(24,5)23(20)12-14-26(21,22)4/h17-24,28H,6-16H2,1-5H3/t18-,19+,20-,21-,22+,23+,24+,26-,27+/m1/s1. The summed E-state index contributed by atoms with van der Waals surface area (Å²) in [5.41, 5.74) is 0.609. The molecule has 166 valence electrons. The van der Waals surface area contributed by atoms with Crippen molar-refractivity contribution in [2.45, 2.75) is 111 Å². The van der Waals surface area contributed by atoms with Crippen LogP contribution in [0.1, 0.15) is 105 Å². The molecule has 2 heteroatoms. The molecule has 0 unspecified atom stereocenters. The van der Waals surface area contributed by atoms with Crippen molar-refractivity contribution in [2.24, 2.45) is 52.3 Å². The van der Waals surface area contributed by atoms with Gasteiger partial charge in [-0.15, -0.1) is 0 Å². The lowest BCUT2D eigenvalue weighted by atomic mass is 9.44. The molecule has 4 saturated carbocycles. The highest BCUT2D eigenvalue weighted by atomic mass is 16.3. The van der Waals surface area contributed by atoms with Gasteiger partial charge in [0.15, 0.2) is 0 Å². The van der Waals surface area contributed by atoms with Crippen molar-refractivity contribution in [3.63, 3.8) is 0 Å². The Balaban J connectivity index is 1.50. The van der Waals surface area contributed by atoms with E-state index in [0.29, 0.717) is 23.0 Å². The van der Waals surface area contributed by atoms with Crippen LogP contribution in [0.3, 0.4) is 0 Å². The molecule has 4 fully saturated rings. The maximum atomic E-state index is 13.2. The van der Waals surface area contributed by atoms with Crippen molar-refractivity contribution in [1.82, 2.24) is 0 Å². The lowest BCUT2D eigenvalue weighted by Crippen LogP contribution is -2.57. The second-order valence-electron chi connectivity index (χ2n) is 12.6. The number of fused-ring (bicyclic) bond motifs is 5. The summed E-state index contributed by atoms with van der Waals surface area (Å²) in [4.78, 5) is 13.2. The number of rotatable bonds is 5. The van der Waals surface area contributed by atoms with Gasteiger partial charge in [-0.25, -0.2) is 0 Å². The second kappa shape index (κ2) is 7.95. The van der Waals surface area contributed by atoms with Crippen LogP contribution in [0, 0.1) is 52.3 Å². The topological polar surface area (TPSA) is 37.3 Å². The van der Waals surface area contributed by atoms with E-state index in [9.17, 15) is 9.90 Å². The first-order chi connectivity index (χ1) is 13.7. The summed E-state index contributed by atoms with van der Waals surface area (Å²) < 4.78 is 0. The molecule has 0 spiro atoms.